The van der Waals surface area contributed by atoms with Gasteiger partial charge in [0.25, 0.3) is 5.56 Å². The van der Waals surface area contributed by atoms with Crippen LogP contribution in [0.1, 0.15) is 43.3 Å². The number of halogens is 1. The minimum absolute atomic E-state index is 0.164. The summed E-state index contributed by atoms with van der Waals surface area (Å²) in [6.07, 6.45) is 3.06. The monoisotopic (exact) mass is 521 g/mol. The van der Waals surface area contributed by atoms with Crippen molar-refractivity contribution in [2.45, 2.75) is 55.9 Å². The number of aryl methyl sites for hydroxylation is 2. The molecule has 2 heterocycles. The van der Waals surface area contributed by atoms with Crippen molar-refractivity contribution in [3.63, 3.8) is 0 Å². The lowest BCUT2D eigenvalue weighted by molar-refractivity contribution is 0.387. The molecule has 2 aromatic heterocycles. The largest absolute Gasteiger partial charge is 0.493 e. The van der Waals surface area contributed by atoms with Crippen LogP contribution in [-0.4, -0.2) is 28.1 Å². The summed E-state index contributed by atoms with van der Waals surface area (Å²) in [7, 11) is -4.39. The molecule has 0 atom stereocenters. The molecule has 0 aliphatic carbocycles. The molecule has 0 saturated carbocycles. The molecule has 1 N–H and O–H groups in total. The molecule has 0 unspecified atom stereocenters. The third-order valence-corrected chi connectivity index (χ3v) is 7.97. The van der Waals surface area contributed by atoms with Crippen LogP contribution in [0.5, 0.6) is 5.88 Å². The summed E-state index contributed by atoms with van der Waals surface area (Å²) < 4.78 is 41.9. The third-order valence-electron chi connectivity index (χ3n) is 6.18. The van der Waals surface area contributed by atoms with E-state index in [0.29, 0.717) is 29.1 Å². The van der Waals surface area contributed by atoms with E-state index >= 15 is 0 Å². The quantitative estimate of drug-likeness (QED) is 0.244. The number of hydrogen-bond donors (Lipinski definition) is 1. The fourth-order valence-electron chi connectivity index (χ4n) is 4.23. The molecule has 4 aromatic rings. The van der Waals surface area contributed by atoms with E-state index < -0.39 is 32.1 Å². The average Bonchev–Trinajstić information content (AvgIpc) is 2.87. The van der Waals surface area contributed by atoms with Gasteiger partial charge in [-0.2, -0.15) is 9.37 Å². The van der Waals surface area contributed by atoms with Gasteiger partial charge in [0.05, 0.1) is 11.4 Å². The van der Waals surface area contributed by atoms with Crippen LogP contribution < -0.4 is 5.56 Å². The number of aromatic nitrogens is 3. The molecule has 37 heavy (non-hydrogen) atoms. The maximum atomic E-state index is 13.5. The lowest BCUT2D eigenvalue weighted by Crippen LogP contribution is -2.25. The van der Waals surface area contributed by atoms with Gasteiger partial charge >= 0.3 is 0 Å². The summed E-state index contributed by atoms with van der Waals surface area (Å²) in [5.41, 5.74) is 1.59. The van der Waals surface area contributed by atoms with E-state index in [0.717, 1.165) is 24.8 Å². The van der Waals surface area contributed by atoms with Gasteiger partial charge in [-0.05, 0) is 48.7 Å². The molecule has 7 nitrogen and oxygen atoms in total. The predicted molar refractivity (Wildman–Crippen MR) is 139 cm³/mol. The number of aromatic hydroxyl groups is 1. The lowest BCUT2D eigenvalue weighted by atomic mass is 10.1. The van der Waals surface area contributed by atoms with Crippen molar-refractivity contribution in [3.8, 4) is 17.0 Å². The van der Waals surface area contributed by atoms with E-state index in [2.05, 4.69) is 16.9 Å². The van der Waals surface area contributed by atoms with Crippen molar-refractivity contribution in [3.05, 3.63) is 100 Å². The molecule has 0 bridgehead atoms. The molecule has 192 valence electrons. The standard InChI is InChI=1S/C28H28FN3O4S/c1-3-4-6-11-25-31-27(33)26(28(34)32(25)18-20-9-7-5-8-10-20)37(35,36)22-14-12-21(13-15-22)23-16-17-24(29)30-19(23)2/h5,7-10,12-17,34H,3-4,6,11,18H2,1-2H3. The number of unbranched alkanes of at least 4 members (excludes halogenated alkanes) is 2. The van der Waals surface area contributed by atoms with Crippen LogP contribution in [0.3, 0.4) is 0 Å². The molecular weight excluding hydrogens is 493 g/mol. The summed E-state index contributed by atoms with van der Waals surface area (Å²) in [6, 6.07) is 17.9. The second kappa shape index (κ2) is 11.0. The molecule has 0 radical (unpaired) electrons. The second-order valence-corrected chi connectivity index (χ2v) is 10.7. The Hall–Kier alpha value is -3.85. The normalized spacial score (nSPS) is 11.5. The Balaban J connectivity index is 1.77. The lowest BCUT2D eigenvalue weighted by Gasteiger charge is -2.17. The average molecular weight is 522 g/mol. The molecule has 0 aliphatic rings. The van der Waals surface area contributed by atoms with Crippen molar-refractivity contribution >= 4 is 9.84 Å². The minimum Gasteiger partial charge on any atom is -0.493 e. The first-order valence-corrected chi connectivity index (χ1v) is 13.6. The van der Waals surface area contributed by atoms with E-state index in [4.69, 9.17) is 0 Å². The fourth-order valence-corrected chi connectivity index (χ4v) is 5.58. The Morgan fingerprint density at radius 3 is 2.30 bits per heavy atom. The van der Waals surface area contributed by atoms with E-state index in [1.807, 2.05) is 30.3 Å². The Morgan fingerprint density at radius 1 is 0.946 bits per heavy atom. The van der Waals surface area contributed by atoms with Gasteiger partial charge in [-0.25, -0.2) is 13.4 Å². The molecule has 0 spiro atoms. The summed E-state index contributed by atoms with van der Waals surface area (Å²) in [5.74, 6) is -0.889. The topological polar surface area (TPSA) is 102 Å². The van der Waals surface area contributed by atoms with E-state index in [-0.39, 0.29) is 11.4 Å². The Kier molecular flexibility index (Phi) is 7.83. The number of benzene rings is 2. The third kappa shape index (κ3) is 5.61. The van der Waals surface area contributed by atoms with Gasteiger partial charge in [-0.15, -0.1) is 0 Å². The van der Waals surface area contributed by atoms with Gasteiger partial charge < -0.3 is 5.11 Å². The zero-order chi connectivity index (χ0) is 26.6. The number of rotatable bonds is 9. The molecule has 2 aromatic carbocycles. The van der Waals surface area contributed by atoms with Crippen molar-refractivity contribution in [1.29, 1.82) is 0 Å². The molecule has 0 aliphatic heterocycles. The van der Waals surface area contributed by atoms with Crippen molar-refractivity contribution in [1.82, 2.24) is 14.5 Å². The van der Waals surface area contributed by atoms with Crippen LogP contribution in [0, 0.1) is 12.9 Å². The zero-order valence-corrected chi connectivity index (χ0v) is 21.5. The van der Waals surface area contributed by atoms with Gasteiger partial charge in [0.1, 0.15) is 5.82 Å². The smallest absolute Gasteiger partial charge is 0.296 e. The van der Waals surface area contributed by atoms with Crippen LogP contribution in [0.25, 0.3) is 11.1 Å². The number of sulfone groups is 1. The van der Waals surface area contributed by atoms with Crippen molar-refractivity contribution in [2.75, 3.05) is 0 Å². The summed E-state index contributed by atoms with van der Waals surface area (Å²) >= 11 is 0. The van der Waals surface area contributed by atoms with Gasteiger partial charge in [0, 0.05) is 17.7 Å². The highest BCUT2D eigenvalue weighted by Gasteiger charge is 2.29. The summed E-state index contributed by atoms with van der Waals surface area (Å²) in [6.45, 7) is 3.88. The van der Waals surface area contributed by atoms with Gasteiger partial charge in [0.2, 0.25) is 21.7 Å². The van der Waals surface area contributed by atoms with Crippen LogP contribution in [0.4, 0.5) is 4.39 Å². The molecule has 0 fully saturated rings. The Bertz CT molecular complexity index is 1570. The number of pyridine rings is 1. The molecule has 0 amide bonds. The van der Waals surface area contributed by atoms with Crippen molar-refractivity contribution in [2.24, 2.45) is 0 Å². The molecular formula is C28H28FN3O4S. The van der Waals surface area contributed by atoms with Crippen LogP contribution in [0.15, 0.2) is 81.3 Å². The number of nitrogens with zero attached hydrogens (tertiary/aromatic N) is 3. The first-order chi connectivity index (χ1) is 17.7. The van der Waals surface area contributed by atoms with E-state index in [1.165, 1.54) is 22.8 Å². The second-order valence-electron chi connectivity index (χ2n) is 8.81. The molecule has 4 rings (SSSR count). The first-order valence-electron chi connectivity index (χ1n) is 12.1. The highest BCUT2D eigenvalue weighted by Crippen LogP contribution is 2.30. The van der Waals surface area contributed by atoms with Gasteiger partial charge in [-0.1, -0.05) is 62.2 Å². The van der Waals surface area contributed by atoms with Crippen molar-refractivity contribution < 1.29 is 17.9 Å². The summed E-state index contributed by atoms with van der Waals surface area (Å²) in [5, 5.41) is 11.2. The first kappa shape index (κ1) is 26.2. The van der Waals surface area contributed by atoms with Crippen LogP contribution >= 0.6 is 0 Å². The van der Waals surface area contributed by atoms with Gasteiger partial charge in [0.15, 0.2) is 4.90 Å². The maximum absolute atomic E-state index is 13.5. The number of hydrogen-bond acceptors (Lipinski definition) is 6. The zero-order valence-electron chi connectivity index (χ0n) is 20.7. The fraction of sp³-hybridized carbons (Fsp3) is 0.250. The maximum Gasteiger partial charge on any atom is 0.296 e. The highest BCUT2D eigenvalue weighted by molar-refractivity contribution is 7.91. The van der Waals surface area contributed by atoms with Gasteiger partial charge in [-0.3, -0.25) is 9.36 Å². The van der Waals surface area contributed by atoms with Crippen LogP contribution in [-0.2, 0) is 22.8 Å². The predicted octanol–water partition coefficient (Wildman–Crippen LogP) is 5.07. The van der Waals surface area contributed by atoms with Crippen LogP contribution in [0.2, 0.25) is 0 Å². The summed E-state index contributed by atoms with van der Waals surface area (Å²) in [4.78, 5) is 20.0. The Labute approximate surface area is 215 Å². The highest BCUT2D eigenvalue weighted by atomic mass is 32.2. The molecule has 0 saturated heterocycles. The van der Waals surface area contributed by atoms with E-state index in [9.17, 15) is 22.7 Å². The van der Waals surface area contributed by atoms with E-state index in [1.54, 1.807) is 25.1 Å². The molecule has 9 heteroatoms. The minimum atomic E-state index is -4.39. The SMILES string of the molecule is CCCCCc1nc(=O)c(S(=O)(=O)c2ccc(-c3ccc(F)nc3C)cc2)c(O)n1Cc1ccccc1. The Morgan fingerprint density at radius 2 is 1.65 bits per heavy atom.